The van der Waals surface area contributed by atoms with Crippen molar-refractivity contribution in [2.24, 2.45) is 4.99 Å². The number of carboxylic acid groups (broad SMARTS) is 1. The highest BCUT2D eigenvalue weighted by Gasteiger charge is 2.30. The number of hydrogen-bond donors (Lipinski definition) is 1. The minimum absolute atomic E-state index is 0.0000289. The van der Waals surface area contributed by atoms with Crippen molar-refractivity contribution in [3.8, 4) is 0 Å². The third-order valence-electron chi connectivity index (χ3n) is 4.90. The maximum atomic E-state index is 11.1. The number of hydrogen-bond acceptors (Lipinski definition) is 3. The minimum atomic E-state index is -0.944. The highest BCUT2D eigenvalue weighted by atomic mass is 16.4. The molecule has 1 aliphatic rings. The number of aliphatic imine (C=N–C) groups is 1. The van der Waals surface area contributed by atoms with E-state index in [0.717, 1.165) is 18.5 Å². The van der Waals surface area contributed by atoms with Gasteiger partial charge in [-0.05, 0) is 68.7 Å². The second-order valence-electron chi connectivity index (χ2n) is 7.52. The quantitative estimate of drug-likeness (QED) is 0.710. The van der Waals surface area contributed by atoms with E-state index in [2.05, 4.69) is 61.9 Å². The molecule has 0 saturated carbocycles. The van der Waals surface area contributed by atoms with Gasteiger partial charge in [0.15, 0.2) is 0 Å². The molecule has 1 N–H and O–H groups in total. The Morgan fingerprint density at radius 2 is 2.00 bits per heavy atom. The van der Waals surface area contributed by atoms with Crippen molar-refractivity contribution in [1.29, 1.82) is 0 Å². The standard InChI is InChI=1S/C23H26N2O2/c1-5-11-25-21-10-9-17(12-20(21)16(2)14-23(25,3)4)15-24-19-8-6-7-18(13-19)22(26)27/h6-10,12-15H,5,11H2,1-4H3,(H,26,27). The smallest absolute Gasteiger partial charge is 0.335 e. The molecule has 1 heterocycles. The van der Waals surface area contributed by atoms with Crippen LogP contribution in [0.25, 0.3) is 5.57 Å². The number of allylic oxidation sites excluding steroid dienone is 1. The molecule has 4 heteroatoms. The zero-order valence-corrected chi connectivity index (χ0v) is 16.4. The predicted molar refractivity (Wildman–Crippen MR) is 112 cm³/mol. The van der Waals surface area contributed by atoms with Gasteiger partial charge < -0.3 is 10.0 Å². The summed E-state index contributed by atoms with van der Waals surface area (Å²) in [5, 5.41) is 9.10. The Labute approximate surface area is 160 Å². The van der Waals surface area contributed by atoms with Gasteiger partial charge in [0.05, 0.1) is 16.8 Å². The van der Waals surface area contributed by atoms with E-state index in [9.17, 15) is 4.79 Å². The van der Waals surface area contributed by atoms with Gasteiger partial charge in [0.2, 0.25) is 0 Å². The lowest BCUT2D eigenvalue weighted by atomic mass is 9.88. The second kappa shape index (κ2) is 7.39. The number of aromatic carboxylic acids is 1. The SMILES string of the molecule is CCCN1c2ccc(C=Nc3cccc(C(=O)O)c3)cc2C(C)=CC1(C)C. The van der Waals surface area contributed by atoms with Gasteiger partial charge >= 0.3 is 5.97 Å². The molecule has 3 rings (SSSR count). The van der Waals surface area contributed by atoms with Crippen LogP contribution in [0.4, 0.5) is 11.4 Å². The molecule has 1 aliphatic heterocycles. The summed E-state index contributed by atoms with van der Waals surface area (Å²) < 4.78 is 0. The molecule has 0 spiro atoms. The van der Waals surface area contributed by atoms with E-state index in [4.69, 9.17) is 5.11 Å². The van der Waals surface area contributed by atoms with Crippen LogP contribution in [0.15, 0.2) is 53.5 Å². The van der Waals surface area contributed by atoms with Crippen LogP contribution >= 0.6 is 0 Å². The van der Waals surface area contributed by atoms with Crippen LogP contribution in [0.5, 0.6) is 0 Å². The number of rotatable bonds is 5. The molecule has 27 heavy (non-hydrogen) atoms. The summed E-state index contributed by atoms with van der Waals surface area (Å²) in [4.78, 5) is 18.0. The summed E-state index contributed by atoms with van der Waals surface area (Å²) in [6, 6.07) is 13.0. The van der Waals surface area contributed by atoms with E-state index >= 15 is 0 Å². The van der Waals surface area contributed by atoms with Gasteiger partial charge in [0, 0.05) is 24.0 Å². The van der Waals surface area contributed by atoms with E-state index in [1.165, 1.54) is 16.8 Å². The highest BCUT2D eigenvalue weighted by Crippen LogP contribution is 2.39. The van der Waals surface area contributed by atoms with Crippen LogP contribution in [0, 0.1) is 0 Å². The van der Waals surface area contributed by atoms with Gasteiger partial charge in [-0.3, -0.25) is 4.99 Å². The molecule has 0 fully saturated rings. The monoisotopic (exact) mass is 362 g/mol. The number of carboxylic acids is 1. The van der Waals surface area contributed by atoms with E-state index in [-0.39, 0.29) is 11.1 Å². The van der Waals surface area contributed by atoms with Gasteiger partial charge in [0.1, 0.15) is 0 Å². The summed E-state index contributed by atoms with van der Waals surface area (Å²) >= 11 is 0. The lowest BCUT2D eigenvalue weighted by molar-refractivity contribution is 0.0697. The predicted octanol–water partition coefficient (Wildman–Crippen LogP) is 5.55. The zero-order valence-electron chi connectivity index (χ0n) is 16.4. The van der Waals surface area contributed by atoms with Crippen molar-refractivity contribution in [2.75, 3.05) is 11.4 Å². The lowest BCUT2D eigenvalue weighted by Crippen LogP contribution is -2.45. The van der Waals surface area contributed by atoms with Gasteiger partial charge in [-0.2, -0.15) is 0 Å². The minimum Gasteiger partial charge on any atom is -0.478 e. The maximum Gasteiger partial charge on any atom is 0.335 e. The molecule has 4 nitrogen and oxygen atoms in total. The van der Waals surface area contributed by atoms with Crippen molar-refractivity contribution >= 4 is 29.1 Å². The summed E-state index contributed by atoms with van der Waals surface area (Å²) in [5.74, 6) is -0.944. The fourth-order valence-corrected chi connectivity index (χ4v) is 3.68. The number of fused-ring (bicyclic) bond motifs is 1. The Morgan fingerprint density at radius 1 is 1.22 bits per heavy atom. The zero-order chi connectivity index (χ0) is 19.6. The topological polar surface area (TPSA) is 52.9 Å². The summed E-state index contributed by atoms with van der Waals surface area (Å²) in [7, 11) is 0. The molecular formula is C23H26N2O2. The molecule has 0 atom stereocenters. The van der Waals surface area contributed by atoms with Gasteiger partial charge in [0.25, 0.3) is 0 Å². The molecule has 0 aliphatic carbocycles. The third-order valence-corrected chi connectivity index (χ3v) is 4.90. The largest absolute Gasteiger partial charge is 0.478 e. The fourth-order valence-electron chi connectivity index (χ4n) is 3.68. The Bertz CT molecular complexity index is 926. The number of benzene rings is 2. The summed E-state index contributed by atoms with van der Waals surface area (Å²) in [6.07, 6.45) is 5.21. The third kappa shape index (κ3) is 3.95. The molecule has 0 unspecified atom stereocenters. The molecule has 140 valence electrons. The highest BCUT2D eigenvalue weighted by molar-refractivity contribution is 5.90. The van der Waals surface area contributed by atoms with E-state index in [0.29, 0.717) is 5.69 Å². The Morgan fingerprint density at radius 3 is 2.70 bits per heavy atom. The number of carbonyl (C=O) groups is 1. The Balaban J connectivity index is 1.93. The Hall–Kier alpha value is -2.88. The average molecular weight is 362 g/mol. The van der Waals surface area contributed by atoms with Crippen LogP contribution < -0.4 is 4.90 Å². The first-order chi connectivity index (χ1) is 12.8. The van der Waals surface area contributed by atoms with Crippen LogP contribution in [-0.2, 0) is 0 Å². The molecule has 0 amide bonds. The normalized spacial score (nSPS) is 15.6. The molecule has 2 aromatic carbocycles. The average Bonchev–Trinajstić information content (AvgIpc) is 2.63. The van der Waals surface area contributed by atoms with Crippen molar-refractivity contribution in [1.82, 2.24) is 0 Å². The van der Waals surface area contributed by atoms with Crippen molar-refractivity contribution in [2.45, 2.75) is 39.7 Å². The molecule has 0 saturated heterocycles. The summed E-state index contributed by atoms with van der Waals surface area (Å²) in [5.41, 5.74) is 5.63. The molecule has 0 aromatic heterocycles. The lowest BCUT2D eigenvalue weighted by Gasteiger charge is -2.43. The first-order valence-corrected chi connectivity index (χ1v) is 9.31. The van der Waals surface area contributed by atoms with Gasteiger partial charge in [-0.1, -0.05) is 25.1 Å². The number of nitrogens with zero attached hydrogens (tertiary/aromatic N) is 2. The maximum absolute atomic E-state index is 11.1. The molecule has 0 bridgehead atoms. The Kier molecular flexibility index (Phi) is 5.17. The first kappa shape index (κ1) is 18.9. The van der Waals surface area contributed by atoms with Crippen LogP contribution in [0.2, 0.25) is 0 Å². The van der Waals surface area contributed by atoms with E-state index in [1.54, 1.807) is 30.5 Å². The van der Waals surface area contributed by atoms with E-state index in [1.807, 2.05) is 0 Å². The summed E-state index contributed by atoms with van der Waals surface area (Å²) in [6.45, 7) is 9.87. The van der Waals surface area contributed by atoms with Crippen molar-refractivity contribution in [3.05, 3.63) is 65.2 Å². The van der Waals surface area contributed by atoms with Gasteiger partial charge in [-0.25, -0.2) is 4.79 Å². The fraction of sp³-hybridized carbons (Fsp3) is 0.304. The number of anilines is 1. The van der Waals surface area contributed by atoms with Crippen LogP contribution in [-0.4, -0.2) is 29.4 Å². The molecule has 0 radical (unpaired) electrons. The first-order valence-electron chi connectivity index (χ1n) is 9.31. The van der Waals surface area contributed by atoms with Gasteiger partial charge in [-0.15, -0.1) is 0 Å². The van der Waals surface area contributed by atoms with Crippen LogP contribution in [0.3, 0.4) is 0 Å². The van der Waals surface area contributed by atoms with E-state index < -0.39 is 5.97 Å². The molecular weight excluding hydrogens is 336 g/mol. The second-order valence-corrected chi connectivity index (χ2v) is 7.52. The van der Waals surface area contributed by atoms with Crippen LogP contribution in [0.1, 0.15) is 55.6 Å². The van der Waals surface area contributed by atoms with Crippen molar-refractivity contribution in [3.63, 3.8) is 0 Å². The molecule has 2 aromatic rings. The van der Waals surface area contributed by atoms with Crippen molar-refractivity contribution < 1.29 is 9.90 Å².